The SMILES string of the molecule is COc1cc(C(=O)N2C=C(C)CC2CO[Si](C)(C)C(C)(C)C)c([N+](=O)[O-])cc1O[Si](C(C)C)(C(C)C)C(C)C. The van der Waals surface area contributed by atoms with Gasteiger partial charge in [-0.05, 0) is 48.1 Å². The van der Waals surface area contributed by atoms with E-state index in [2.05, 4.69) is 75.4 Å². The highest BCUT2D eigenvalue weighted by molar-refractivity contribution is 6.78. The Labute approximate surface area is 237 Å². The highest BCUT2D eigenvalue weighted by Crippen LogP contribution is 2.46. The third-order valence-electron chi connectivity index (χ3n) is 8.69. The fourth-order valence-corrected chi connectivity index (χ4v) is 11.8. The van der Waals surface area contributed by atoms with Gasteiger partial charge < -0.3 is 18.5 Å². The van der Waals surface area contributed by atoms with E-state index in [9.17, 15) is 14.9 Å². The molecular formula is C29H50N2O6Si2. The lowest BCUT2D eigenvalue weighted by atomic mass is 10.1. The average Bonchev–Trinajstić information content (AvgIpc) is 3.19. The minimum absolute atomic E-state index is 0.0154. The molecule has 10 heteroatoms. The number of hydrogen-bond donors (Lipinski definition) is 0. The minimum Gasteiger partial charge on any atom is -0.540 e. The first-order valence-corrected chi connectivity index (χ1v) is 19.0. The smallest absolute Gasteiger partial charge is 0.286 e. The molecule has 1 atom stereocenters. The van der Waals surface area contributed by atoms with Crippen molar-refractivity contribution in [2.45, 2.75) is 116 Å². The Morgan fingerprint density at radius 1 is 1.08 bits per heavy atom. The third kappa shape index (κ3) is 6.77. The average molecular weight is 579 g/mol. The number of amides is 1. The molecule has 0 bridgehead atoms. The van der Waals surface area contributed by atoms with Crippen molar-refractivity contribution < 1.29 is 23.3 Å². The number of ether oxygens (including phenoxy) is 1. The lowest BCUT2D eigenvalue weighted by Gasteiger charge is -2.42. The number of nitrogens with zero attached hydrogens (tertiary/aromatic N) is 2. The maximum Gasteiger partial charge on any atom is 0.286 e. The highest BCUT2D eigenvalue weighted by Gasteiger charge is 2.48. The molecule has 2 rings (SSSR count). The summed E-state index contributed by atoms with van der Waals surface area (Å²) in [5.74, 6) is 0.221. The zero-order valence-electron chi connectivity index (χ0n) is 26.3. The van der Waals surface area contributed by atoms with Crippen LogP contribution in [-0.4, -0.2) is 52.1 Å². The summed E-state index contributed by atoms with van der Waals surface area (Å²) in [6, 6.07) is 2.63. The van der Waals surface area contributed by atoms with Crippen molar-refractivity contribution >= 4 is 28.2 Å². The van der Waals surface area contributed by atoms with Crippen LogP contribution in [0.3, 0.4) is 0 Å². The van der Waals surface area contributed by atoms with Crippen molar-refractivity contribution in [3.63, 3.8) is 0 Å². The van der Waals surface area contributed by atoms with Crippen molar-refractivity contribution in [1.82, 2.24) is 4.90 Å². The number of hydrogen-bond acceptors (Lipinski definition) is 6. The van der Waals surface area contributed by atoms with E-state index in [-0.39, 0.29) is 39.0 Å². The zero-order chi connectivity index (χ0) is 30.1. The number of rotatable bonds is 11. The van der Waals surface area contributed by atoms with E-state index in [1.54, 1.807) is 11.1 Å². The first kappa shape index (κ1) is 33.0. The Morgan fingerprint density at radius 2 is 1.62 bits per heavy atom. The second-order valence-electron chi connectivity index (χ2n) is 13.3. The van der Waals surface area contributed by atoms with Crippen LogP contribution in [0.2, 0.25) is 34.8 Å². The summed E-state index contributed by atoms with van der Waals surface area (Å²) in [6.45, 7) is 26.1. The van der Waals surface area contributed by atoms with Crippen molar-refractivity contribution in [3.8, 4) is 11.5 Å². The molecule has 0 aliphatic carbocycles. The van der Waals surface area contributed by atoms with Gasteiger partial charge in [0.05, 0.1) is 30.7 Å². The fraction of sp³-hybridized carbons (Fsp3) is 0.690. The molecule has 0 saturated carbocycles. The van der Waals surface area contributed by atoms with E-state index >= 15 is 0 Å². The van der Waals surface area contributed by atoms with Crippen LogP contribution in [-0.2, 0) is 4.43 Å². The van der Waals surface area contributed by atoms with Gasteiger partial charge in [-0.25, -0.2) is 0 Å². The van der Waals surface area contributed by atoms with Crippen LogP contribution in [0.15, 0.2) is 23.9 Å². The molecular weight excluding hydrogens is 528 g/mol. The third-order valence-corrected chi connectivity index (χ3v) is 19.2. The summed E-state index contributed by atoms with van der Waals surface area (Å²) in [7, 11) is -2.97. The van der Waals surface area contributed by atoms with Crippen molar-refractivity contribution in [1.29, 1.82) is 0 Å². The van der Waals surface area contributed by atoms with E-state index in [0.717, 1.165) is 5.57 Å². The quantitative estimate of drug-likeness (QED) is 0.149. The molecule has 0 spiro atoms. The summed E-state index contributed by atoms with van der Waals surface area (Å²) in [5.41, 5.74) is 1.53. The van der Waals surface area contributed by atoms with Gasteiger partial charge in [-0.2, -0.15) is 0 Å². The largest absolute Gasteiger partial charge is 0.540 e. The normalized spacial score (nSPS) is 16.8. The van der Waals surface area contributed by atoms with Crippen molar-refractivity contribution in [3.05, 3.63) is 39.6 Å². The molecule has 1 heterocycles. The maximum absolute atomic E-state index is 13.9. The molecule has 39 heavy (non-hydrogen) atoms. The van der Waals surface area contributed by atoms with Gasteiger partial charge in [0.1, 0.15) is 5.56 Å². The molecule has 0 aromatic heterocycles. The Kier molecular flexibility index (Phi) is 10.3. The van der Waals surface area contributed by atoms with Crippen LogP contribution in [0.25, 0.3) is 0 Å². The summed E-state index contributed by atoms with van der Waals surface area (Å²) in [6.07, 6.45) is 2.45. The molecule has 0 saturated heterocycles. The molecule has 0 fully saturated rings. The number of benzene rings is 1. The number of carbonyl (C=O) groups excluding carboxylic acids is 1. The van der Waals surface area contributed by atoms with Gasteiger partial charge in [0.25, 0.3) is 19.9 Å². The van der Waals surface area contributed by atoms with Crippen LogP contribution in [0.5, 0.6) is 11.5 Å². The minimum atomic E-state index is -2.43. The highest BCUT2D eigenvalue weighted by atomic mass is 28.4. The van der Waals surface area contributed by atoms with Crippen LogP contribution in [0, 0.1) is 10.1 Å². The molecule has 8 nitrogen and oxygen atoms in total. The van der Waals surface area contributed by atoms with E-state index in [1.807, 2.05) is 6.92 Å². The molecule has 0 radical (unpaired) electrons. The van der Waals surface area contributed by atoms with E-state index < -0.39 is 27.5 Å². The van der Waals surface area contributed by atoms with Gasteiger partial charge in [-0.1, -0.05) is 67.9 Å². The molecule has 1 unspecified atom stereocenters. The lowest BCUT2D eigenvalue weighted by molar-refractivity contribution is -0.385. The van der Waals surface area contributed by atoms with Crippen molar-refractivity contribution in [2.24, 2.45) is 0 Å². The van der Waals surface area contributed by atoms with Gasteiger partial charge in [0.15, 0.2) is 19.8 Å². The number of methoxy groups -OCH3 is 1. The summed E-state index contributed by atoms with van der Waals surface area (Å²) < 4.78 is 18.9. The summed E-state index contributed by atoms with van der Waals surface area (Å²) >= 11 is 0. The fourth-order valence-electron chi connectivity index (χ4n) is 5.54. The first-order valence-electron chi connectivity index (χ1n) is 14.0. The second kappa shape index (κ2) is 12.1. The number of nitro groups is 1. The van der Waals surface area contributed by atoms with Crippen LogP contribution >= 0.6 is 0 Å². The monoisotopic (exact) mass is 578 g/mol. The topological polar surface area (TPSA) is 91.1 Å². The van der Waals surface area contributed by atoms with Crippen LogP contribution in [0.1, 0.15) is 86.0 Å². The second-order valence-corrected chi connectivity index (χ2v) is 23.5. The van der Waals surface area contributed by atoms with Crippen LogP contribution < -0.4 is 9.16 Å². The molecule has 1 aliphatic rings. The maximum atomic E-state index is 13.9. The molecule has 220 valence electrons. The molecule has 1 aromatic carbocycles. The number of nitro benzene ring substituents is 1. The van der Waals surface area contributed by atoms with Gasteiger partial charge in [-0.15, -0.1) is 0 Å². The number of carbonyl (C=O) groups is 1. The van der Waals surface area contributed by atoms with E-state index in [4.69, 9.17) is 13.6 Å². The van der Waals surface area contributed by atoms with Gasteiger partial charge in [0, 0.05) is 12.3 Å². The Balaban J connectivity index is 2.54. The van der Waals surface area contributed by atoms with Gasteiger partial charge in [0.2, 0.25) is 0 Å². The van der Waals surface area contributed by atoms with E-state index in [1.165, 1.54) is 19.2 Å². The standard InChI is InChI=1S/C29H50N2O6Si2/c1-19(2)39(20(3)4,21(5)6)37-27-16-25(31(33)34)24(15-26(27)35-11)28(32)30-17-22(7)14-23(30)18-36-38(12,13)29(8,9)10/h15-17,19-21,23H,14,18H2,1-13H3. The molecule has 1 amide bonds. The summed E-state index contributed by atoms with van der Waals surface area (Å²) in [4.78, 5) is 27.3. The lowest BCUT2D eigenvalue weighted by Crippen LogP contribution is -2.50. The molecule has 0 N–H and O–H groups in total. The molecule has 1 aromatic rings. The predicted molar refractivity (Wildman–Crippen MR) is 163 cm³/mol. The Morgan fingerprint density at radius 3 is 2.05 bits per heavy atom. The predicted octanol–water partition coefficient (Wildman–Crippen LogP) is 8.30. The zero-order valence-corrected chi connectivity index (χ0v) is 28.3. The van der Waals surface area contributed by atoms with E-state index in [0.29, 0.717) is 24.5 Å². The summed E-state index contributed by atoms with van der Waals surface area (Å²) in [5, 5.41) is 12.3. The van der Waals surface area contributed by atoms with Gasteiger partial charge in [-0.3, -0.25) is 14.9 Å². The first-order chi connectivity index (χ1) is 17.8. The Bertz CT molecular complexity index is 1070. The van der Waals surface area contributed by atoms with Gasteiger partial charge >= 0.3 is 0 Å². The Hall–Kier alpha value is -2.18. The van der Waals surface area contributed by atoms with Crippen LogP contribution in [0.4, 0.5) is 5.69 Å². The van der Waals surface area contributed by atoms with Crippen molar-refractivity contribution in [2.75, 3.05) is 13.7 Å². The molecule has 1 aliphatic heterocycles.